The molecule has 0 amide bonds. The molecule has 0 bridgehead atoms. The highest BCUT2D eigenvalue weighted by Gasteiger charge is 2.33. The molecule has 0 saturated heterocycles. The Morgan fingerprint density at radius 2 is 1.81 bits per heavy atom. The largest absolute Gasteiger partial charge is 0.416 e. The van der Waals surface area contributed by atoms with Gasteiger partial charge < -0.3 is 9.88 Å². The Balaban J connectivity index is 2.16. The molecule has 166 valence electrons. The number of anilines is 1. The van der Waals surface area contributed by atoms with Gasteiger partial charge in [-0.05, 0) is 73.3 Å². The van der Waals surface area contributed by atoms with E-state index >= 15 is 4.39 Å². The van der Waals surface area contributed by atoms with Gasteiger partial charge in [-0.15, -0.1) is 0 Å². The number of benzene rings is 2. The Kier molecular flexibility index (Phi) is 6.24. The third-order valence-electron chi connectivity index (χ3n) is 5.04. The van der Waals surface area contributed by atoms with Crippen LogP contribution in [0.25, 0.3) is 10.9 Å². The summed E-state index contributed by atoms with van der Waals surface area (Å²) >= 11 is 3.18. The first kappa shape index (κ1) is 23.7. The summed E-state index contributed by atoms with van der Waals surface area (Å²) in [5, 5.41) is 3.71. The quantitative estimate of drug-likeness (QED) is 0.313. The molecule has 0 aliphatic carbocycles. The summed E-state index contributed by atoms with van der Waals surface area (Å²) in [7, 11) is -2.84. The fourth-order valence-corrected chi connectivity index (χ4v) is 6.11. The predicted octanol–water partition coefficient (Wildman–Crippen LogP) is 6.59. The maximum atomic E-state index is 15.0. The summed E-state index contributed by atoms with van der Waals surface area (Å²) in [6.45, 7) is 7.76. The van der Waals surface area contributed by atoms with Gasteiger partial charge in [0.2, 0.25) is 0 Å². The van der Waals surface area contributed by atoms with E-state index in [9.17, 15) is 17.7 Å². The van der Waals surface area contributed by atoms with E-state index in [1.165, 1.54) is 26.3 Å². The van der Waals surface area contributed by atoms with E-state index in [-0.39, 0.29) is 27.2 Å². The summed E-state index contributed by atoms with van der Waals surface area (Å²) in [5.74, 6) is -0.113. The molecule has 0 aliphatic rings. The number of nitrogens with zero attached hydrogens (tertiary/aromatic N) is 2. The van der Waals surface area contributed by atoms with Crippen LogP contribution in [-0.2, 0) is 10.7 Å². The Bertz CT molecular complexity index is 1220. The number of alkyl halides is 3. The highest BCUT2D eigenvalue weighted by atomic mass is 79.9. The van der Waals surface area contributed by atoms with Gasteiger partial charge in [0, 0.05) is 10.7 Å². The molecular formula is C21H21BrF4N3OP. The van der Waals surface area contributed by atoms with Crippen molar-refractivity contribution in [1.29, 1.82) is 0 Å². The van der Waals surface area contributed by atoms with E-state index in [0.717, 1.165) is 6.07 Å². The minimum Gasteiger partial charge on any atom is -0.363 e. The van der Waals surface area contributed by atoms with Crippen LogP contribution in [0.4, 0.5) is 23.4 Å². The first-order chi connectivity index (χ1) is 14.2. The minimum atomic E-state index is -4.47. The molecule has 3 rings (SSSR count). The van der Waals surface area contributed by atoms with Gasteiger partial charge >= 0.3 is 6.18 Å². The molecule has 31 heavy (non-hydrogen) atoms. The van der Waals surface area contributed by atoms with Gasteiger partial charge in [-0.2, -0.15) is 13.2 Å². The number of hydrogen-bond acceptors (Lipinski definition) is 4. The van der Waals surface area contributed by atoms with E-state index in [0.29, 0.717) is 16.3 Å². The van der Waals surface area contributed by atoms with Crippen molar-refractivity contribution >= 4 is 45.1 Å². The topological polar surface area (TPSA) is 54.9 Å². The average molecular weight is 518 g/mol. The predicted molar refractivity (Wildman–Crippen MR) is 119 cm³/mol. The van der Waals surface area contributed by atoms with Crippen LogP contribution in [0, 0.1) is 19.7 Å². The molecule has 3 aromatic rings. The summed E-state index contributed by atoms with van der Waals surface area (Å²) in [6, 6.07) is 5.00. The van der Waals surface area contributed by atoms with Gasteiger partial charge in [0.1, 0.15) is 24.3 Å². The zero-order valence-corrected chi connectivity index (χ0v) is 20.0. The standard InChI is InChI=1S/C21H21BrF4N3OP/c1-10-13(7-6-8-15(10)21(24,25)26)11(2)27-20-14-9-16(31(4,5)30)17(22)18(23)19(14)28-12(3)29-20/h6-9,11H,1-5H3,(H,27,28,29). The lowest BCUT2D eigenvalue weighted by molar-refractivity contribution is -0.138. The Hall–Kier alpha value is -1.99. The van der Waals surface area contributed by atoms with Crippen molar-refractivity contribution in [2.24, 2.45) is 0 Å². The van der Waals surface area contributed by atoms with Crippen molar-refractivity contribution in [2.75, 3.05) is 18.6 Å². The van der Waals surface area contributed by atoms with Crippen LogP contribution < -0.4 is 10.6 Å². The van der Waals surface area contributed by atoms with Crippen LogP contribution in [0.1, 0.15) is 35.5 Å². The van der Waals surface area contributed by atoms with Gasteiger partial charge in [-0.1, -0.05) is 12.1 Å². The second kappa shape index (κ2) is 8.17. The lowest BCUT2D eigenvalue weighted by Crippen LogP contribution is -2.15. The number of nitrogens with one attached hydrogen (secondary N) is 1. The molecule has 2 aromatic carbocycles. The van der Waals surface area contributed by atoms with Crippen LogP contribution in [0.3, 0.4) is 0 Å². The first-order valence-electron chi connectivity index (χ1n) is 9.37. The number of aryl methyl sites for hydroxylation is 1. The molecule has 4 nitrogen and oxygen atoms in total. The SMILES string of the molecule is Cc1nc(NC(C)c2cccc(C(F)(F)F)c2C)c2cc(P(C)(C)=O)c(Br)c(F)c2n1. The molecule has 1 unspecified atom stereocenters. The second-order valence-electron chi connectivity index (χ2n) is 7.77. The summed E-state index contributed by atoms with van der Waals surface area (Å²) in [5.41, 5.74) is -0.135. The molecule has 0 saturated carbocycles. The molecule has 1 N–H and O–H groups in total. The van der Waals surface area contributed by atoms with E-state index < -0.39 is 30.7 Å². The van der Waals surface area contributed by atoms with Crippen LogP contribution in [0.2, 0.25) is 0 Å². The summed E-state index contributed by atoms with van der Waals surface area (Å²) in [6.07, 6.45) is -4.47. The molecular weight excluding hydrogens is 497 g/mol. The fourth-order valence-electron chi connectivity index (χ4n) is 3.52. The number of rotatable bonds is 4. The highest BCUT2D eigenvalue weighted by Crippen LogP contribution is 2.41. The zero-order valence-electron chi connectivity index (χ0n) is 17.5. The summed E-state index contributed by atoms with van der Waals surface area (Å²) < 4.78 is 67.7. The van der Waals surface area contributed by atoms with Crippen molar-refractivity contribution < 1.29 is 22.1 Å². The van der Waals surface area contributed by atoms with Gasteiger partial charge in [0.25, 0.3) is 0 Å². The number of halogens is 5. The lowest BCUT2D eigenvalue weighted by atomic mass is 9.97. The maximum Gasteiger partial charge on any atom is 0.416 e. The van der Waals surface area contributed by atoms with Gasteiger partial charge in [0.15, 0.2) is 5.82 Å². The first-order valence-corrected chi connectivity index (χ1v) is 12.8. The molecule has 1 atom stereocenters. The Labute approximate surface area is 186 Å². The van der Waals surface area contributed by atoms with Crippen LogP contribution in [0.15, 0.2) is 28.7 Å². The molecule has 0 aliphatic heterocycles. The Morgan fingerprint density at radius 3 is 2.39 bits per heavy atom. The van der Waals surface area contributed by atoms with Gasteiger partial charge in [0.05, 0.1) is 16.1 Å². The van der Waals surface area contributed by atoms with E-state index in [1.54, 1.807) is 26.0 Å². The smallest absolute Gasteiger partial charge is 0.363 e. The number of fused-ring (bicyclic) bond motifs is 1. The molecule has 1 aromatic heterocycles. The van der Waals surface area contributed by atoms with Crippen LogP contribution in [0.5, 0.6) is 0 Å². The minimum absolute atomic E-state index is 0.0343. The van der Waals surface area contributed by atoms with Crippen molar-refractivity contribution in [2.45, 2.75) is 33.0 Å². The maximum absolute atomic E-state index is 15.0. The second-order valence-corrected chi connectivity index (χ2v) is 11.8. The average Bonchev–Trinajstić information content (AvgIpc) is 2.63. The van der Waals surface area contributed by atoms with Gasteiger partial charge in [-0.3, -0.25) is 0 Å². The molecule has 10 heteroatoms. The van der Waals surface area contributed by atoms with Crippen LogP contribution >= 0.6 is 23.1 Å². The number of aromatic nitrogens is 2. The third-order valence-corrected chi connectivity index (χ3v) is 7.64. The molecule has 0 radical (unpaired) electrons. The van der Waals surface area contributed by atoms with Crippen LogP contribution in [-0.4, -0.2) is 23.3 Å². The van der Waals surface area contributed by atoms with E-state index in [4.69, 9.17) is 0 Å². The van der Waals surface area contributed by atoms with Crippen molar-refractivity contribution in [3.05, 3.63) is 57.1 Å². The molecule has 0 spiro atoms. The van der Waals surface area contributed by atoms with Crippen molar-refractivity contribution in [3.63, 3.8) is 0 Å². The third kappa shape index (κ3) is 4.62. The molecule has 1 heterocycles. The zero-order chi connectivity index (χ0) is 23.3. The fraction of sp³-hybridized carbons (Fsp3) is 0.333. The summed E-state index contributed by atoms with van der Waals surface area (Å²) in [4.78, 5) is 8.51. The highest BCUT2D eigenvalue weighted by molar-refractivity contribution is 9.10. The van der Waals surface area contributed by atoms with Gasteiger partial charge in [-0.25, -0.2) is 14.4 Å². The Morgan fingerprint density at radius 1 is 1.16 bits per heavy atom. The van der Waals surface area contributed by atoms with E-state index in [2.05, 4.69) is 31.2 Å². The monoisotopic (exact) mass is 517 g/mol. The lowest BCUT2D eigenvalue weighted by Gasteiger charge is -2.22. The number of hydrogen-bond donors (Lipinski definition) is 1. The normalized spacial score (nSPS) is 13.5. The molecule has 0 fully saturated rings. The van der Waals surface area contributed by atoms with Crippen molar-refractivity contribution in [3.8, 4) is 0 Å². The van der Waals surface area contributed by atoms with Crippen molar-refractivity contribution in [1.82, 2.24) is 9.97 Å². The van der Waals surface area contributed by atoms with E-state index in [1.807, 2.05) is 0 Å².